The van der Waals surface area contributed by atoms with E-state index in [2.05, 4.69) is 19.9 Å². The lowest BCUT2D eigenvalue weighted by molar-refractivity contribution is -0.383. The molecule has 0 fully saturated rings. The maximum absolute atomic E-state index is 11.2. The summed E-state index contributed by atoms with van der Waals surface area (Å²) in [6.45, 7) is 4.32. The van der Waals surface area contributed by atoms with Gasteiger partial charge in [-0.3, -0.25) is 10.1 Å². The van der Waals surface area contributed by atoms with Crippen LogP contribution in [-0.2, 0) is 5.41 Å². The monoisotopic (exact) mass is 282 g/mol. The van der Waals surface area contributed by atoms with E-state index in [1.807, 2.05) is 18.2 Å². The summed E-state index contributed by atoms with van der Waals surface area (Å²) < 4.78 is 0. The van der Waals surface area contributed by atoms with Gasteiger partial charge in [0.05, 0.1) is 4.92 Å². The van der Waals surface area contributed by atoms with E-state index in [0.717, 1.165) is 29.5 Å². The van der Waals surface area contributed by atoms with Crippen LogP contribution in [0.25, 0.3) is 11.1 Å². The van der Waals surface area contributed by atoms with Gasteiger partial charge < -0.3 is 5.73 Å². The lowest BCUT2D eigenvalue weighted by Gasteiger charge is -2.29. The Balaban J connectivity index is 2.38. The van der Waals surface area contributed by atoms with E-state index in [1.165, 1.54) is 5.56 Å². The molecule has 0 heterocycles. The summed E-state index contributed by atoms with van der Waals surface area (Å²) in [5.74, 6) is 0. The molecule has 2 aromatic carbocycles. The number of nitrogen functional groups attached to an aromatic ring is 1. The number of hydrogen-bond donors (Lipinski definition) is 1. The number of rotatable bonds is 3. The fourth-order valence-electron chi connectivity index (χ4n) is 3.67. The van der Waals surface area contributed by atoms with E-state index >= 15 is 0 Å². The fourth-order valence-corrected chi connectivity index (χ4v) is 3.67. The molecule has 0 aliphatic heterocycles. The number of nitro groups is 1. The van der Waals surface area contributed by atoms with Gasteiger partial charge in [-0.05, 0) is 41.2 Å². The lowest BCUT2D eigenvalue weighted by Crippen LogP contribution is -2.23. The van der Waals surface area contributed by atoms with E-state index in [9.17, 15) is 10.1 Å². The van der Waals surface area contributed by atoms with E-state index < -0.39 is 4.92 Å². The zero-order chi connectivity index (χ0) is 15.2. The molecular formula is C17H18N2O2. The smallest absolute Gasteiger partial charge is 0.292 e. The number of fused-ring (bicyclic) bond motifs is 3. The molecule has 4 heteroatoms. The van der Waals surface area contributed by atoms with Crippen molar-refractivity contribution in [2.75, 3.05) is 5.73 Å². The molecule has 4 nitrogen and oxygen atoms in total. The maximum Gasteiger partial charge on any atom is 0.292 e. The Morgan fingerprint density at radius 1 is 1.10 bits per heavy atom. The second kappa shape index (κ2) is 4.58. The van der Waals surface area contributed by atoms with Crippen LogP contribution in [0.5, 0.6) is 0 Å². The van der Waals surface area contributed by atoms with Gasteiger partial charge in [-0.1, -0.05) is 38.1 Å². The van der Waals surface area contributed by atoms with Crippen LogP contribution >= 0.6 is 0 Å². The van der Waals surface area contributed by atoms with Crippen molar-refractivity contribution >= 4 is 11.4 Å². The van der Waals surface area contributed by atoms with Crippen LogP contribution in [0, 0.1) is 10.1 Å². The Hall–Kier alpha value is -2.36. The molecule has 0 spiro atoms. The molecule has 2 aromatic rings. The van der Waals surface area contributed by atoms with Crippen LogP contribution in [0.2, 0.25) is 0 Å². The Morgan fingerprint density at radius 3 is 2.38 bits per heavy atom. The number of nitrogens with two attached hydrogens (primary N) is 1. The SMILES string of the molecule is CCC1(CC)c2ccccc2-c2cc([N+](=O)[O-])c(N)cc21. The highest BCUT2D eigenvalue weighted by Crippen LogP contribution is 2.54. The van der Waals surface area contributed by atoms with Crippen LogP contribution < -0.4 is 5.73 Å². The Kier molecular flexibility index (Phi) is 2.97. The summed E-state index contributed by atoms with van der Waals surface area (Å²) in [4.78, 5) is 10.8. The Morgan fingerprint density at radius 2 is 1.76 bits per heavy atom. The molecule has 0 radical (unpaired) electrons. The molecule has 0 atom stereocenters. The highest BCUT2D eigenvalue weighted by Gasteiger charge is 2.41. The van der Waals surface area contributed by atoms with Crippen molar-refractivity contribution in [3.8, 4) is 11.1 Å². The van der Waals surface area contributed by atoms with E-state index in [-0.39, 0.29) is 16.8 Å². The molecule has 1 aliphatic rings. The summed E-state index contributed by atoms with van der Waals surface area (Å²) in [6.07, 6.45) is 1.90. The van der Waals surface area contributed by atoms with Gasteiger partial charge in [0.15, 0.2) is 0 Å². The average molecular weight is 282 g/mol. The summed E-state index contributed by atoms with van der Waals surface area (Å²) in [5, 5.41) is 11.2. The van der Waals surface area contributed by atoms with Crippen molar-refractivity contribution in [3.05, 3.63) is 57.6 Å². The first-order valence-electron chi connectivity index (χ1n) is 7.23. The third kappa shape index (κ3) is 1.68. The first kappa shape index (κ1) is 13.6. The van der Waals surface area contributed by atoms with Crippen molar-refractivity contribution < 1.29 is 4.92 Å². The molecular weight excluding hydrogens is 264 g/mol. The number of nitro benzene ring substituents is 1. The maximum atomic E-state index is 11.2. The van der Waals surface area contributed by atoms with Crippen LogP contribution in [0.1, 0.15) is 37.8 Å². The van der Waals surface area contributed by atoms with Crippen LogP contribution in [0.15, 0.2) is 36.4 Å². The predicted octanol–water partition coefficient (Wildman–Crippen LogP) is 4.26. The average Bonchev–Trinajstić information content (AvgIpc) is 2.76. The molecule has 1 aliphatic carbocycles. The Labute approximate surface area is 123 Å². The zero-order valence-corrected chi connectivity index (χ0v) is 12.2. The first-order chi connectivity index (χ1) is 10.0. The number of anilines is 1. The van der Waals surface area contributed by atoms with Crippen molar-refractivity contribution in [3.63, 3.8) is 0 Å². The topological polar surface area (TPSA) is 69.2 Å². The van der Waals surface area contributed by atoms with Gasteiger partial charge in [0.2, 0.25) is 0 Å². The summed E-state index contributed by atoms with van der Waals surface area (Å²) >= 11 is 0. The number of hydrogen-bond acceptors (Lipinski definition) is 3. The molecule has 2 N–H and O–H groups in total. The normalized spacial score (nSPS) is 14.6. The number of nitrogens with zero attached hydrogens (tertiary/aromatic N) is 1. The third-order valence-corrected chi connectivity index (χ3v) is 4.82. The lowest BCUT2D eigenvalue weighted by atomic mass is 9.74. The van der Waals surface area contributed by atoms with Crippen molar-refractivity contribution in [2.45, 2.75) is 32.1 Å². The van der Waals surface area contributed by atoms with E-state index in [0.29, 0.717) is 0 Å². The molecule has 0 unspecified atom stereocenters. The van der Waals surface area contributed by atoms with Gasteiger partial charge >= 0.3 is 0 Å². The first-order valence-corrected chi connectivity index (χ1v) is 7.23. The quantitative estimate of drug-likeness (QED) is 0.519. The minimum atomic E-state index is -0.407. The minimum Gasteiger partial charge on any atom is -0.393 e. The minimum absolute atomic E-state index is 0.00782. The van der Waals surface area contributed by atoms with E-state index in [1.54, 1.807) is 12.1 Å². The van der Waals surface area contributed by atoms with Gasteiger partial charge in [0.1, 0.15) is 5.69 Å². The fraction of sp³-hybridized carbons (Fsp3) is 0.294. The summed E-state index contributed by atoms with van der Waals surface area (Å²) in [6, 6.07) is 11.6. The molecule has 3 rings (SSSR count). The molecule has 0 saturated carbocycles. The van der Waals surface area contributed by atoms with Gasteiger partial charge in [-0.15, -0.1) is 0 Å². The van der Waals surface area contributed by atoms with Crippen molar-refractivity contribution in [1.29, 1.82) is 0 Å². The van der Waals surface area contributed by atoms with Gasteiger partial charge in [-0.25, -0.2) is 0 Å². The highest BCUT2D eigenvalue weighted by atomic mass is 16.6. The van der Waals surface area contributed by atoms with Crippen molar-refractivity contribution in [1.82, 2.24) is 0 Å². The molecule has 0 aromatic heterocycles. The van der Waals surface area contributed by atoms with Gasteiger partial charge in [0.25, 0.3) is 5.69 Å². The highest BCUT2D eigenvalue weighted by molar-refractivity contribution is 5.85. The molecule has 0 bridgehead atoms. The number of benzene rings is 2. The van der Waals surface area contributed by atoms with Gasteiger partial charge in [-0.2, -0.15) is 0 Å². The van der Waals surface area contributed by atoms with Crippen LogP contribution in [0.4, 0.5) is 11.4 Å². The second-order valence-corrected chi connectivity index (χ2v) is 5.55. The Bertz CT molecular complexity index is 734. The zero-order valence-electron chi connectivity index (χ0n) is 12.2. The molecule has 108 valence electrons. The third-order valence-electron chi connectivity index (χ3n) is 4.82. The second-order valence-electron chi connectivity index (χ2n) is 5.55. The van der Waals surface area contributed by atoms with Gasteiger partial charge in [0, 0.05) is 11.5 Å². The van der Waals surface area contributed by atoms with Crippen LogP contribution in [0.3, 0.4) is 0 Å². The molecule has 21 heavy (non-hydrogen) atoms. The molecule has 0 amide bonds. The van der Waals surface area contributed by atoms with Crippen molar-refractivity contribution in [2.24, 2.45) is 0 Å². The standard InChI is InChI=1S/C17H18N2O2/c1-3-17(4-2)13-8-6-5-7-11(13)12-9-16(19(20)21)15(18)10-14(12)17/h5-10H,3-4,18H2,1-2H3. The summed E-state index contributed by atoms with van der Waals surface area (Å²) in [7, 11) is 0. The van der Waals surface area contributed by atoms with E-state index in [4.69, 9.17) is 5.73 Å². The summed E-state index contributed by atoms with van der Waals surface area (Å²) in [5.41, 5.74) is 10.5. The molecule has 0 saturated heterocycles. The predicted molar refractivity (Wildman–Crippen MR) is 84.3 cm³/mol. The largest absolute Gasteiger partial charge is 0.393 e. The van der Waals surface area contributed by atoms with Crippen LogP contribution in [-0.4, -0.2) is 4.92 Å².